The van der Waals surface area contributed by atoms with Crippen LogP contribution in [0.4, 0.5) is 0 Å². The van der Waals surface area contributed by atoms with Crippen molar-refractivity contribution < 1.29 is 9.26 Å². The van der Waals surface area contributed by atoms with Gasteiger partial charge in [-0.15, -0.1) is 16.4 Å². The van der Waals surface area contributed by atoms with Gasteiger partial charge in [-0.1, -0.05) is 23.0 Å². The van der Waals surface area contributed by atoms with Gasteiger partial charge in [0, 0.05) is 6.61 Å². The van der Waals surface area contributed by atoms with E-state index in [0.717, 1.165) is 24.3 Å². The lowest BCUT2D eigenvalue weighted by Crippen LogP contribution is -2.25. The van der Waals surface area contributed by atoms with Crippen LogP contribution in [0.3, 0.4) is 0 Å². The quantitative estimate of drug-likeness (QED) is 0.657. The molecule has 8 nitrogen and oxygen atoms in total. The Hall–Kier alpha value is -1.91. The standard InChI is InChI=1S/C15H17N5O3S2/c1-9(13-16-12(19-23-13)11-5-3-7-24-11)25-15-18-17-14(21)20(15)8-10-4-2-6-22-10/h3,5,7,9-10H,2,4,6,8H2,1H3,(H,17,21). The minimum atomic E-state index is -0.227. The number of H-pyrrole nitrogens is 1. The van der Waals surface area contributed by atoms with Crippen LogP contribution in [0.5, 0.6) is 0 Å². The Bertz CT molecular complexity index is 879. The molecule has 0 bridgehead atoms. The first kappa shape index (κ1) is 16.6. The predicted molar refractivity (Wildman–Crippen MR) is 93.7 cm³/mol. The third kappa shape index (κ3) is 3.55. The second-order valence-corrected chi connectivity index (χ2v) is 8.01. The van der Waals surface area contributed by atoms with Crippen molar-refractivity contribution in [3.63, 3.8) is 0 Å². The summed E-state index contributed by atoms with van der Waals surface area (Å²) >= 11 is 2.97. The summed E-state index contributed by atoms with van der Waals surface area (Å²) in [5.41, 5.74) is -0.227. The van der Waals surface area contributed by atoms with Crippen molar-refractivity contribution in [2.45, 2.75) is 42.8 Å². The summed E-state index contributed by atoms with van der Waals surface area (Å²) in [5, 5.41) is 13.1. The monoisotopic (exact) mass is 379 g/mol. The summed E-state index contributed by atoms with van der Waals surface area (Å²) in [4.78, 5) is 17.4. The highest BCUT2D eigenvalue weighted by Crippen LogP contribution is 2.33. The zero-order valence-electron chi connectivity index (χ0n) is 13.5. The number of hydrogen-bond donors (Lipinski definition) is 1. The van der Waals surface area contributed by atoms with Crippen LogP contribution in [0.25, 0.3) is 10.7 Å². The first-order valence-electron chi connectivity index (χ1n) is 8.01. The number of rotatable bonds is 6. The lowest BCUT2D eigenvalue weighted by Gasteiger charge is -2.12. The van der Waals surface area contributed by atoms with Gasteiger partial charge >= 0.3 is 5.69 Å². The molecule has 2 unspecified atom stereocenters. The van der Waals surface area contributed by atoms with Crippen LogP contribution >= 0.6 is 23.1 Å². The van der Waals surface area contributed by atoms with Crippen LogP contribution in [0.2, 0.25) is 0 Å². The van der Waals surface area contributed by atoms with Gasteiger partial charge in [-0.25, -0.2) is 9.89 Å². The van der Waals surface area contributed by atoms with E-state index in [1.165, 1.54) is 11.8 Å². The van der Waals surface area contributed by atoms with Crippen LogP contribution < -0.4 is 5.69 Å². The molecule has 0 radical (unpaired) electrons. The SMILES string of the molecule is CC(Sc1n[nH]c(=O)n1CC1CCCO1)c1nc(-c2cccs2)no1. The predicted octanol–water partition coefficient (Wildman–Crippen LogP) is 2.72. The summed E-state index contributed by atoms with van der Waals surface area (Å²) in [6, 6.07) is 3.89. The van der Waals surface area contributed by atoms with Gasteiger partial charge in [0.2, 0.25) is 11.7 Å². The molecule has 4 heterocycles. The molecule has 0 aromatic carbocycles. The maximum Gasteiger partial charge on any atom is 0.344 e. The summed E-state index contributed by atoms with van der Waals surface area (Å²) in [5.74, 6) is 1.09. The molecule has 1 aliphatic heterocycles. The Kier molecular flexibility index (Phi) is 4.73. The van der Waals surface area contributed by atoms with E-state index in [9.17, 15) is 4.79 Å². The molecule has 1 N–H and O–H groups in total. The Morgan fingerprint density at radius 2 is 2.48 bits per heavy atom. The Balaban J connectivity index is 1.49. The van der Waals surface area contributed by atoms with Crippen LogP contribution in [-0.4, -0.2) is 37.6 Å². The van der Waals surface area contributed by atoms with Crippen molar-refractivity contribution in [1.82, 2.24) is 24.9 Å². The highest BCUT2D eigenvalue weighted by atomic mass is 32.2. The first-order chi connectivity index (χ1) is 12.2. The molecule has 10 heteroatoms. The fourth-order valence-corrected chi connectivity index (χ4v) is 4.21. The van der Waals surface area contributed by atoms with Crippen molar-refractivity contribution in [2.24, 2.45) is 0 Å². The molecule has 1 fully saturated rings. The zero-order valence-corrected chi connectivity index (χ0v) is 15.2. The number of thiophene rings is 1. The van der Waals surface area contributed by atoms with Gasteiger partial charge in [-0.3, -0.25) is 4.57 Å². The second kappa shape index (κ2) is 7.14. The Morgan fingerprint density at radius 1 is 1.56 bits per heavy atom. The largest absolute Gasteiger partial charge is 0.376 e. The number of aromatic amines is 1. The first-order valence-corrected chi connectivity index (χ1v) is 9.77. The minimum absolute atomic E-state index is 0.0683. The Morgan fingerprint density at radius 3 is 3.24 bits per heavy atom. The zero-order chi connectivity index (χ0) is 17.2. The van der Waals surface area contributed by atoms with Crippen molar-refractivity contribution in [3.05, 3.63) is 33.9 Å². The summed E-state index contributed by atoms with van der Waals surface area (Å²) in [6.45, 7) is 3.21. The van der Waals surface area contributed by atoms with Gasteiger partial charge in [0.25, 0.3) is 0 Å². The van der Waals surface area contributed by atoms with Gasteiger partial charge in [0.15, 0.2) is 5.16 Å². The smallest absolute Gasteiger partial charge is 0.344 e. The van der Waals surface area contributed by atoms with Crippen molar-refractivity contribution >= 4 is 23.1 Å². The second-order valence-electron chi connectivity index (χ2n) is 5.75. The molecule has 0 saturated carbocycles. The summed E-state index contributed by atoms with van der Waals surface area (Å²) < 4.78 is 12.6. The maximum atomic E-state index is 12.0. The minimum Gasteiger partial charge on any atom is -0.376 e. The van der Waals surface area contributed by atoms with E-state index in [4.69, 9.17) is 9.26 Å². The number of hydrogen-bond acceptors (Lipinski definition) is 8. The molecule has 4 rings (SSSR count). The van der Waals surface area contributed by atoms with Gasteiger partial charge in [0.05, 0.1) is 22.8 Å². The number of aromatic nitrogens is 5. The highest BCUT2D eigenvalue weighted by molar-refractivity contribution is 7.99. The van der Waals surface area contributed by atoms with Crippen molar-refractivity contribution in [3.8, 4) is 10.7 Å². The van der Waals surface area contributed by atoms with E-state index in [-0.39, 0.29) is 17.0 Å². The molecule has 0 amide bonds. The molecule has 1 saturated heterocycles. The van der Waals surface area contributed by atoms with Gasteiger partial charge in [-0.2, -0.15) is 4.98 Å². The molecule has 3 aromatic rings. The van der Waals surface area contributed by atoms with E-state index in [1.807, 2.05) is 24.4 Å². The van der Waals surface area contributed by atoms with Gasteiger partial charge < -0.3 is 9.26 Å². The average Bonchev–Trinajstić information content (AvgIpc) is 3.37. The maximum absolute atomic E-state index is 12.0. The van der Waals surface area contributed by atoms with Crippen molar-refractivity contribution in [2.75, 3.05) is 6.61 Å². The molecule has 3 aromatic heterocycles. The lowest BCUT2D eigenvalue weighted by atomic mass is 10.2. The van der Waals surface area contributed by atoms with E-state index < -0.39 is 0 Å². The van der Waals surface area contributed by atoms with Crippen LogP contribution in [-0.2, 0) is 11.3 Å². The topological polar surface area (TPSA) is 98.8 Å². The summed E-state index contributed by atoms with van der Waals surface area (Å²) in [6.07, 6.45) is 2.06. The molecule has 132 valence electrons. The molecular weight excluding hydrogens is 362 g/mol. The molecule has 2 atom stereocenters. The fraction of sp³-hybridized carbons (Fsp3) is 0.467. The fourth-order valence-electron chi connectivity index (χ4n) is 2.66. The molecular formula is C15H17N5O3S2. The number of nitrogens with zero attached hydrogens (tertiary/aromatic N) is 4. The van der Waals surface area contributed by atoms with E-state index in [1.54, 1.807) is 15.9 Å². The number of nitrogens with one attached hydrogen (secondary N) is 1. The van der Waals surface area contributed by atoms with E-state index in [0.29, 0.717) is 23.4 Å². The van der Waals surface area contributed by atoms with E-state index >= 15 is 0 Å². The van der Waals surface area contributed by atoms with Crippen molar-refractivity contribution in [1.29, 1.82) is 0 Å². The number of ether oxygens (including phenoxy) is 1. The third-order valence-corrected chi connectivity index (χ3v) is 5.89. The normalized spacial score (nSPS) is 18.7. The lowest BCUT2D eigenvalue weighted by molar-refractivity contribution is 0.0941. The van der Waals surface area contributed by atoms with E-state index in [2.05, 4.69) is 20.3 Å². The van der Waals surface area contributed by atoms with Crippen LogP contribution in [0.1, 0.15) is 30.9 Å². The average molecular weight is 379 g/mol. The molecule has 0 spiro atoms. The molecule has 0 aliphatic carbocycles. The van der Waals surface area contributed by atoms with Gasteiger partial charge in [-0.05, 0) is 31.2 Å². The van der Waals surface area contributed by atoms with Gasteiger partial charge in [0.1, 0.15) is 0 Å². The Labute approximate surface area is 151 Å². The third-order valence-electron chi connectivity index (χ3n) is 3.95. The molecule has 25 heavy (non-hydrogen) atoms. The number of thioether (sulfide) groups is 1. The molecule has 1 aliphatic rings. The van der Waals surface area contributed by atoms with Crippen LogP contribution in [0.15, 0.2) is 32.0 Å². The van der Waals surface area contributed by atoms with Crippen LogP contribution in [0, 0.1) is 0 Å². The summed E-state index contributed by atoms with van der Waals surface area (Å²) in [7, 11) is 0. The highest BCUT2D eigenvalue weighted by Gasteiger charge is 2.23.